The second kappa shape index (κ2) is 10.4. The largest absolute Gasteiger partial charge is 0.489 e. The molecule has 0 spiro atoms. The van der Waals surface area contributed by atoms with E-state index < -0.39 is 5.97 Å². The summed E-state index contributed by atoms with van der Waals surface area (Å²) in [5.74, 6) is -0.176. The van der Waals surface area contributed by atoms with E-state index in [2.05, 4.69) is 9.72 Å². The lowest BCUT2D eigenvalue weighted by atomic mass is 10.2. The van der Waals surface area contributed by atoms with Gasteiger partial charge in [-0.2, -0.15) is 0 Å². The minimum absolute atomic E-state index is 0.0283. The first kappa shape index (κ1) is 22.7. The number of pyridine rings is 1. The van der Waals surface area contributed by atoms with Crippen LogP contribution in [0, 0.1) is 0 Å². The van der Waals surface area contributed by atoms with Crippen LogP contribution in [0.3, 0.4) is 0 Å². The molecule has 1 fully saturated rings. The van der Waals surface area contributed by atoms with Gasteiger partial charge in [0.1, 0.15) is 18.5 Å². The highest BCUT2D eigenvalue weighted by Crippen LogP contribution is 2.28. The van der Waals surface area contributed by atoms with E-state index in [0.717, 1.165) is 12.1 Å². The molecule has 2 aliphatic rings. The molecule has 1 unspecified atom stereocenters. The van der Waals surface area contributed by atoms with Gasteiger partial charge in [-0.3, -0.25) is 14.6 Å². The number of amides is 2. The Balaban J connectivity index is 1.25. The van der Waals surface area contributed by atoms with Crippen molar-refractivity contribution in [2.24, 2.45) is 0 Å². The summed E-state index contributed by atoms with van der Waals surface area (Å²) in [6.07, 6.45) is 3.77. The van der Waals surface area contributed by atoms with E-state index in [4.69, 9.17) is 9.47 Å². The van der Waals surface area contributed by atoms with Crippen molar-refractivity contribution >= 4 is 23.5 Å². The van der Waals surface area contributed by atoms with Crippen molar-refractivity contribution in [1.29, 1.82) is 0 Å². The van der Waals surface area contributed by atoms with Gasteiger partial charge in [-0.25, -0.2) is 4.79 Å². The number of hydrogen-bond acceptors (Lipinski definition) is 7. The molecular formula is C24H27N3O6. The molecule has 2 aliphatic heterocycles. The molecule has 2 amide bonds. The first-order chi connectivity index (χ1) is 16.0. The molecule has 174 valence electrons. The van der Waals surface area contributed by atoms with Crippen LogP contribution in [0.4, 0.5) is 5.69 Å². The van der Waals surface area contributed by atoms with Crippen LogP contribution in [-0.4, -0.2) is 73.7 Å². The van der Waals surface area contributed by atoms with E-state index in [1.165, 1.54) is 25.1 Å². The fraction of sp³-hybridized carbons (Fsp3) is 0.417. The highest BCUT2D eigenvalue weighted by molar-refractivity contribution is 5.97. The van der Waals surface area contributed by atoms with Gasteiger partial charge in [0.05, 0.1) is 32.0 Å². The predicted molar refractivity (Wildman–Crippen MR) is 119 cm³/mol. The number of carbonyl (C=O) groups excluding carboxylic acids is 3. The zero-order chi connectivity index (χ0) is 23.2. The highest BCUT2D eigenvalue weighted by Gasteiger charge is 2.28. The summed E-state index contributed by atoms with van der Waals surface area (Å²) in [4.78, 5) is 44.5. The molecule has 0 N–H and O–H groups in total. The average Bonchev–Trinajstić information content (AvgIpc) is 3.30. The van der Waals surface area contributed by atoms with Crippen molar-refractivity contribution in [3.63, 3.8) is 0 Å². The Morgan fingerprint density at radius 1 is 1.12 bits per heavy atom. The molecule has 4 rings (SSSR count). The first-order valence-corrected chi connectivity index (χ1v) is 11.0. The van der Waals surface area contributed by atoms with Crippen molar-refractivity contribution in [1.82, 2.24) is 9.88 Å². The lowest BCUT2D eigenvalue weighted by Crippen LogP contribution is -2.47. The van der Waals surface area contributed by atoms with Gasteiger partial charge >= 0.3 is 5.97 Å². The summed E-state index contributed by atoms with van der Waals surface area (Å²) < 4.78 is 16.1. The number of aromatic nitrogens is 1. The van der Waals surface area contributed by atoms with E-state index in [1.54, 1.807) is 15.9 Å². The summed E-state index contributed by atoms with van der Waals surface area (Å²) in [6, 6.07) is 9.43. The van der Waals surface area contributed by atoms with Gasteiger partial charge in [-0.1, -0.05) is 18.2 Å². The van der Waals surface area contributed by atoms with Crippen LogP contribution in [-0.2, 0) is 25.5 Å². The maximum absolute atomic E-state index is 12.7. The van der Waals surface area contributed by atoms with E-state index in [0.29, 0.717) is 37.6 Å². The Morgan fingerprint density at radius 3 is 2.79 bits per heavy atom. The second-order valence-electron chi connectivity index (χ2n) is 7.97. The van der Waals surface area contributed by atoms with Gasteiger partial charge < -0.3 is 24.0 Å². The molecule has 0 saturated carbocycles. The van der Waals surface area contributed by atoms with E-state index in [-0.39, 0.29) is 37.4 Å². The zero-order valence-corrected chi connectivity index (χ0v) is 18.6. The molecule has 0 radical (unpaired) electrons. The van der Waals surface area contributed by atoms with Crippen molar-refractivity contribution in [2.75, 3.05) is 44.9 Å². The number of benzene rings is 1. The number of ether oxygens (including phenoxy) is 3. The third kappa shape index (κ3) is 5.48. The maximum atomic E-state index is 12.7. The minimum Gasteiger partial charge on any atom is -0.489 e. The molecule has 33 heavy (non-hydrogen) atoms. The van der Waals surface area contributed by atoms with Gasteiger partial charge in [0.15, 0.2) is 0 Å². The molecule has 2 aromatic rings. The Hall–Kier alpha value is -3.46. The van der Waals surface area contributed by atoms with Gasteiger partial charge in [0.2, 0.25) is 11.8 Å². The van der Waals surface area contributed by atoms with Crippen LogP contribution < -0.4 is 9.64 Å². The van der Waals surface area contributed by atoms with Crippen molar-refractivity contribution < 1.29 is 28.6 Å². The SMILES string of the molecule is COC(=O)c1cncc(OCC2CN(C(=O)CCC(=O)N3CCc4ccccc43)CCO2)c1. The van der Waals surface area contributed by atoms with Crippen molar-refractivity contribution in [2.45, 2.75) is 25.4 Å². The molecule has 1 aromatic heterocycles. The fourth-order valence-electron chi connectivity index (χ4n) is 4.07. The van der Waals surface area contributed by atoms with Gasteiger partial charge in [0, 0.05) is 37.8 Å². The quantitative estimate of drug-likeness (QED) is 0.590. The third-order valence-corrected chi connectivity index (χ3v) is 5.80. The number of carbonyl (C=O) groups is 3. The number of esters is 1. The normalized spacial score (nSPS) is 17.4. The number of hydrogen-bond donors (Lipinski definition) is 0. The molecule has 0 bridgehead atoms. The lowest BCUT2D eigenvalue weighted by molar-refractivity contribution is -0.141. The van der Waals surface area contributed by atoms with Crippen molar-refractivity contribution in [3.05, 3.63) is 53.9 Å². The lowest BCUT2D eigenvalue weighted by Gasteiger charge is -2.33. The van der Waals surface area contributed by atoms with Gasteiger partial charge in [-0.15, -0.1) is 0 Å². The molecule has 9 heteroatoms. The van der Waals surface area contributed by atoms with E-state index in [1.807, 2.05) is 24.3 Å². The molecule has 1 aromatic carbocycles. The summed E-state index contributed by atoms with van der Waals surface area (Å²) in [5, 5.41) is 0. The summed E-state index contributed by atoms with van der Waals surface area (Å²) >= 11 is 0. The van der Waals surface area contributed by atoms with Crippen LogP contribution in [0.15, 0.2) is 42.7 Å². The Morgan fingerprint density at radius 2 is 1.94 bits per heavy atom. The number of para-hydroxylation sites is 1. The number of nitrogens with zero attached hydrogens (tertiary/aromatic N) is 3. The van der Waals surface area contributed by atoms with Crippen LogP contribution in [0.2, 0.25) is 0 Å². The second-order valence-corrected chi connectivity index (χ2v) is 7.97. The Bertz CT molecular complexity index is 1030. The first-order valence-electron chi connectivity index (χ1n) is 11.0. The average molecular weight is 453 g/mol. The molecule has 0 aliphatic carbocycles. The van der Waals surface area contributed by atoms with Crippen molar-refractivity contribution in [3.8, 4) is 5.75 Å². The highest BCUT2D eigenvalue weighted by atomic mass is 16.5. The number of methoxy groups -OCH3 is 1. The van der Waals surface area contributed by atoms with E-state index >= 15 is 0 Å². The molecule has 1 saturated heterocycles. The molecule has 1 atom stereocenters. The number of fused-ring (bicyclic) bond motifs is 1. The van der Waals surface area contributed by atoms with Gasteiger partial charge in [0.25, 0.3) is 0 Å². The number of morpholine rings is 1. The maximum Gasteiger partial charge on any atom is 0.339 e. The third-order valence-electron chi connectivity index (χ3n) is 5.80. The van der Waals surface area contributed by atoms with Gasteiger partial charge in [-0.05, 0) is 24.1 Å². The van der Waals surface area contributed by atoms with Crippen LogP contribution >= 0.6 is 0 Å². The van der Waals surface area contributed by atoms with E-state index in [9.17, 15) is 14.4 Å². The van der Waals surface area contributed by atoms with Crippen LogP contribution in [0.1, 0.15) is 28.8 Å². The number of anilines is 1. The summed E-state index contributed by atoms with van der Waals surface area (Å²) in [7, 11) is 1.30. The van der Waals surface area contributed by atoms with Crippen LogP contribution in [0.5, 0.6) is 5.75 Å². The molecular weight excluding hydrogens is 426 g/mol. The fourth-order valence-corrected chi connectivity index (χ4v) is 4.07. The minimum atomic E-state index is -0.495. The predicted octanol–water partition coefficient (Wildman–Crippen LogP) is 1.84. The monoisotopic (exact) mass is 453 g/mol. The Labute approximate surface area is 192 Å². The zero-order valence-electron chi connectivity index (χ0n) is 18.6. The molecule has 9 nitrogen and oxygen atoms in total. The summed E-state index contributed by atoms with van der Waals surface area (Å²) in [5.41, 5.74) is 2.41. The van der Waals surface area contributed by atoms with Crippen LogP contribution in [0.25, 0.3) is 0 Å². The Kier molecular flexibility index (Phi) is 7.19. The number of rotatable bonds is 7. The summed E-state index contributed by atoms with van der Waals surface area (Å²) in [6.45, 7) is 2.13. The molecule has 3 heterocycles. The smallest absolute Gasteiger partial charge is 0.339 e. The topological polar surface area (TPSA) is 98.3 Å². The standard InChI is InChI=1S/C24H27N3O6/c1-31-24(30)18-12-19(14-25-13-18)33-16-20-15-26(10-11-32-20)22(28)6-7-23(29)27-9-8-17-4-2-3-5-21(17)27/h2-5,12-14,20H,6-11,15-16H2,1H3.